The molecule has 148 valence electrons. The van der Waals surface area contributed by atoms with Gasteiger partial charge in [0.2, 0.25) is 5.89 Å². The molecule has 0 N–H and O–H groups in total. The first-order valence-corrected chi connectivity index (χ1v) is 10.8. The van der Waals surface area contributed by atoms with Crippen molar-refractivity contribution in [3.63, 3.8) is 0 Å². The predicted octanol–water partition coefficient (Wildman–Crippen LogP) is 7.30. The van der Waals surface area contributed by atoms with Crippen molar-refractivity contribution in [2.45, 2.75) is 13.5 Å². The number of ether oxygens (including phenoxy) is 1. The van der Waals surface area contributed by atoms with Crippen molar-refractivity contribution in [1.29, 1.82) is 5.26 Å². The largest absolute Gasteiger partial charge is 0.487 e. The molecule has 4 nitrogen and oxygen atoms in total. The summed E-state index contributed by atoms with van der Waals surface area (Å²) in [5.74, 6) is 0.999. The molecule has 0 aliphatic heterocycles. The van der Waals surface area contributed by atoms with Gasteiger partial charge in [-0.25, -0.2) is 4.98 Å². The quantitative estimate of drug-likeness (QED) is 0.257. The molecule has 0 saturated carbocycles. The Bertz CT molecular complexity index is 1230. The number of para-hydroxylation sites is 2. The van der Waals surface area contributed by atoms with Gasteiger partial charge in [-0.2, -0.15) is 5.26 Å². The fourth-order valence-corrected chi connectivity index (χ4v) is 4.39. The lowest BCUT2D eigenvalue weighted by Crippen LogP contribution is -1.97. The van der Waals surface area contributed by atoms with E-state index in [4.69, 9.17) is 9.15 Å². The number of halogens is 2. The Labute approximate surface area is 191 Å². The van der Waals surface area contributed by atoms with Crippen molar-refractivity contribution in [3.05, 3.63) is 92.2 Å². The van der Waals surface area contributed by atoms with E-state index in [1.807, 2.05) is 48.5 Å². The maximum absolute atomic E-state index is 9.62. The molecule has 0 aliphatic rings. The molecular formula is C24H16Br2N2O2. The average molecular weight is 524 g/mol. The maximum Gasteiger partial charge on any atom is 0.238 e. The van der Waals surface area contributed by atoms with Gasteiger partial charge >= 0.3 is 0 Å². The SMILES string of the molecule is Cc1ccc(COc2c(Br)cc(/C=C(\C#N)c3nc4ccccc4o3)cc2Br)cc1. The van der Waals surface area contributed by atoms with Crippen LogP contribution in [0.2, 0.25) is 0 Å². The monoisotopic (exact) mass is 522 g/mol. The van der Waals surface area contributed by atoms with Crippen molar-refractivity contribution >= 4 is 54.6 Å². The summed E-state index contributed by atoms with van der Waals surface area (Å²) in [5.41, 5.74) is 4.83. The van der Waals surface area contributed by atoms with E-state index < -0.39 is 0 Å². The zero-order valence-corrected chi connectivity index (χ0v) is 19.2. The van der Waals surface area contributed by atoms with Crippen LogP contribution in [-0.4, -0.2) is 4.98 Å². The van der Waals surface area contributed by atoms with Crippen LogP contribution in [0.25, 0.3) is 22.7 Å². The summed E-state index contributed by atoms with van der Waals surface area (Å²) in [6, 6.07) is 21.6. The molecule has 0 fully saturated rings. The smallest absolute Gasteiger partial charge is 0.238 e. The third kappa shape index (κ3) is 4.48. The highest BCUT2D eigenvalue weighted by Gasteiger charge is 2.13. The number of nitriles is 1. The number of nitrogens with zero attached hydrogens (tertiary/aromatic N) is 2. The molecule has 30 heavy (non-hydrogen) atoms. The number of aromatic nitrogens is 1. The second-order valence-electron chi connectivity index (χ2n) is 6.74. The lowest BCUT2D eigenvalue weighted by atomic mass is 10.1. The molecule has 4 aromatic rings. The third-order valence-corrected chi connectivity index (χ3v) is 5.66. The van der Waals surface area contributed by atoms with Crippen LogP contribution in [0.5, 0.6) is 5.75 Å². The van der Waals surface area contributed by atoms with Crippen LogP contribution >= 0.6 is 31.9 Å². The van der Waals surface area contributed by atoms with Crippen LogP contribution in [0.4, 0.5) is 0 Å². The summed E-state index contributed by atoms with van der Waals surface area (Å²) in [6.07, 6.45) is 1.74. The van der Waals surface area contributed by atoms with Crippen LogP contribution in [0.15, 0.2) is 74.0 Å². The summed E-state index contributed by atoms with van der Waals surface area (Å²) in [6.45, 7) is 2.51. The van der Waals surface area contributed by atoms with E-state index in [1.54, 1.807) is 6.08 Å². The molecule has 1 aromatic heterocycles. The first-order chi connectivity index (χ1) is 14.5. The Morgan fingerprint density at radius 2 is 1.80 bits per heavy atom. The second kappa shape index (κ2) is 8.86. The number of hydrogen-bond donors (Lipinski definition) is 0. The zero-order valence-electron chi connectivity index (χ0n) is 16.0. The number of hydrogen-bond acceptors (Lipinski definition) is 4. The average Bonchev–Trinajstić information content (AvgIpc) is 3.16. The van der Waals surface area contributed by atoms with E-state index >= 15 is 0 Å². The molecule has 1 heterocycles. The summed E-state index contributed by atoms with van der Waals surface area (Å²) in [7, 11) is 0. The highest BCUT2D eigenvalue weighted by Crippen LogP contribution is 2.36. The molecule has 0 atom stereocenters. The van der Waals surface area contributed by atoms with Crippen LogP contribution in [0, 0.1) is 18.3 Å². The van der Waals surface area contributed by atoms with Gasteiger partial charge in [-0.1, -0.05) is 42.0 Å². The van der Waals surface area contributed by atoms with Gasteiger partial charge in [0.1, 0.15) is 29.5 Å². The van der Waals surface area contributed by atoms with Gasteiger partial charge in [-0.3, -0.25) is 0 Å². The Balaban J connectivity index is 1.59. The van der Waals surface area contributed by atoms with Gasteiger partial charge in [0.25, 0.3) is 0 Å². The molecule has 0 aliphatic carbocycles. The van der Waals surface area contributed by atoms with Crippen molar-refractivity contribution < 1.29 is 9.15 Å². The molecule has 6 heteroatoms. The van der Waals surface area contributed by atoms with Crippen molar-refractivity contribution in [1.82, 2.24) is 4.98 Å². The van der Waals surface area contributed by atoms with Gasteiger partial charge in [-0.15, -0.1) is 0 Å². The first kappa shape index (κ1) is 20.4. The van der Waals surface area contributed by atoms with Crippen molar-refractivity contribution in [2.24, 2.45) is 0 Å². The number of oxazole rings is 1. The Morgan fingerprint density at radius 1 is 1.10 bits per heavy atom. The highest BCUT2D eigenvalue weighted by atomic mass is 79.9. The van der Waals surface area contributed by atoms with Crippen LogP contribution in [0.3, 0.4) is 0 Å². The van der Waals surface area contributed by atoms with Crippen LogP contribution in [-0.2, 0) is 6.61 Å². The van der Waals surface area contributed by atoms with E-state index in [-0.39, 0.29) is 0 Å². The first-order valence-electron chi connectivity index (χ1n) is 9.18. The summed E-state index contributed by atoms with van der Waals surface area (Å²) < 4.78 is 13.3. The standard InChI is InChI=1S/C24H16Br2N2O2/c1-15-6-8-16(9-7-15)14-29-23-19(25)11-17(12-20(23)26)10-18(13-27)24-28-21-4-2-3-5-22(21)30-24/h2-12H,14H2,1H3/b18-10+. The number of fused-ring (bicyclic) bond motifs is 1. The normalized spacial score (nSPS) is 11.5. The number of rotatable bonds is 5. The summed E-state index contributed by atoms with van der Waals surface area (Å²) in [4.78, 5) is 4.41. The fraction of sp³-hybridized carbons (Fsp3) is 0.0833. The Morgan fingerprint density at radius 3 is 2.47 bits per heavy atom. The van der Waals surface area contributed by atoms with E-state index in [0.29, 0.717) is 29.4 Å². The van der Waals surface area contributed by atoms with Crippen LogP contribution in [0.1, 0.15) is 22.6 Å². The Kier molecular flexibility index (Phi) is 6.03. The lowest BCUT2D eigenvalue weighted by Gasteiger charge is -2.12. The highest BCUT2D eigenvalue weighted by molar-refractivity contribution is 9.11. The van der Waals surface area contributed by atoms with Gasteiger partial charge in [0.05, 0.1) is 8.95 Å². The number of benzene rings is 3. The molecule has 4 rings (SSSR count). The van der Waals surface area contributed by atoms with Crippen LogP contribution < -0.4 is 4.74 Å². The van der Waals surface area contributed by atoms with E-state index in [0.717, 1.165) is 25.6 Å². The van der Waals surface area contributed by atoms with Gasteiger partial charge < -0.3 is 9.15 Å². The van der Waals surface area contributed by atoms with E-state index in [9.17, 15) is 5.26 Å². The number of aryl methyl sites for hydroxylation is 1. The topological polar surface area (TPSA) is 59.0 Å². The molecule has 0 spiro atoms. The molecule has 0 unspecified atom stereocenters. The summed E-state index contributed by atoms with van der Waals surface area (Å²) >= 11 is 7.15. The maximum atomic E-state index is 9.62. The second-order valence-corrected chi connectivity index (χ2v) is 8.45. The minimum Gasteiger partial charge on any atom is -0.487 e. The third-order valence-electron chi connectivity index (χ3n) is 4.48. The Hall–Kier alpha value is -2.88. The minimum absolute atomic E-state index is 0.297. The zero-order chi connectivity index (χ0) is 21.1. The van der Waals surface area contributed by atoms with Gasteiger partial charge in [-0.05, 0) is 80.3 Å². The van der Waals surface area contributed by atoms with Gasteiger partial charge in [0.15, 0.2) is 5.58 Å². The van der Waals surface area contributed by atoms with Crippen molar-refractivity contribution in [2.75, 3.05) is 0 Å². The van der Waals surface area contributed by atoms with E-state index in [1.165, 1.54) is 5.56 Å². The van der Waals surface area contributed by atoms with E-state index in [2.05, 4.69) is 62.0 Å². The molecular weight excluding hydrogens is 508 g/mol. The fourth-order valence-electron chi connectivity index (χ4n) is 2.94. The molecule has 0 bridgehead atoms. The minimum atomic E-state index is 0.297. The molecule has 0 amide bonds. The molecule has 0 saturated heterocycles. The number of allylic oxidation sites excluding steroid dienone is 1. The molecule has 3 aromatic carbocycles. The molecule has 0 radical (unpaired) electrons. The lowest BCUT2D eigenvalue weighted by molar-refractivity contribution is 0.302. The van der Waals surface area contributed by atoms with Crippen molar-refractivity contribution in [3.8, 4) is 11.8 Å². The summed E-state index contributed by atoms with van der Waals surface area (Å²) in [5, 5.41) is 9.62. The predicted molar refractivity (Wildman–Crippen MR) is 125 cm³/mol. The van der Waals surface area contributed by atoms with Gasteiger partial charge in [0, 0.05) is 0 Å².